The van der Waals surface area contributed by atoms with Crippen molar-refractivity contribution in [1.29, 1.82) is 0 Å². The molecule has 3 fully saturated rings. The summed E-state index contributed by atoms with van der Waals surface area (Å²) in [6.45, 7) is 7.33. The van der Waals surface area contributed by atoms with Crippen LogP contribution in [0.3, 0.4) is 0 Å². The van der Waals surface area contributed by atoms with Crippen LogP contribution in [0.15, 0.2) is 53.7 Å². The van der Waals surface area contributed by atoms with Crippen molar-refractivity contribution in [3.8, 4) is 11.1 Å². The molecule has 4 aliphatic heterocycles. The van der Waals surface area contributed by atoms with Crippen LogP contribution in [0, 0.1) is 0 Å². The second-order valence-electron chi connectivity index (χ2n) is 14.4. The minimum Gasteiger partial charge on any atom is -0.378 e. The smallest absolute Gasteiger partial charge is 0.276 e. The molecule has 0 aromatic carbocycles. The number of carbonyl (C=O) groups is 1. The molecule has 3 saturated heterocycles. The summed E-state index contributed by atoms with van der Waals surface area (Å²) in [6, 6.07) is 11.7. The summed E-state index contributed by atoms with van der Waals surface area (Å²) in [5.74, 6) is 1.35. The van der Waals surface area contributed by atoms with Gasteiger partial charge in [-0.1, -0.05) is 6.92 Å². The summed E-state index contributed by atoms with van der Waals surface area (Å²) in [5, 5.41) is 3.32. The van der Waals surface area contributed by atoms with Gasteiger partial charge in [-0.15, -0.1) is 0 Å². The van der Waals surface area contributed by atoms with E-state index in [1.165, 1.54) is 36.9 Å². The maximum atomic E-state index is 13.9. The molecule has 49 heavy (non-hydrogen) atoms. The lowest BCUT2D eigenvalue weighted by Gasteiger charge is -2.47. The van der Waals surface area contributed by atoms with Crippen molar-refractivity contribution in [2.24, 2.45) is 7.05 Å². The number of hydrogen-bond donors (Lipinski definition) is 1. The first-order chi connectivity index (χ1) is 24.0. The molecule has 11 heteroatoms. The predicted molar refractivity (Wildman–Crippen MR) is 190 cm³/mol. The second kappa shape index (κ2) is 12.1. The molecular formula is C38H44N8O3. The number of amides is 1. The molecule has 0 saturated carbocycles. The van der Waals surface area contributed by atoms with Gasteiger partial charge in [0.2, 0.25) is 0 Å². The summed E-state index contributed by atoms with van der Waals surface area (Å²) in [4.78, 5) is 43.8. The Labute approximate surface area is 286 Å². The number of nitrogens with one attached hydrogen (secondary N) is 1. The first-order valence-electron chi connectivity index (χ1n) is 18.0. The van der Waals surface area contributed by atoms with Crippen LogP contribution in [0.4, 0.5) is 23.0 Å². The Kier molecular flexibility index (Phi) is 7.57. The van der Waals surface area contributed by atoms with Gasteiger partial charge < -0.3 is 24.1 Å². The van der Waals surface area contributed by atoms with Gasteiger partial charge >= 0.3 is 0 Å². The highest BCUT2D eigenvalue weighted by Gasteiger charge is 2.43. The van der Waals surface area contributed by atoms with E-state index in [0.717, 1.165) is 73.8 Å². The van der Waals surface area contributed by atoms with Crippen LogP contribution < -0.4 is 20.7 Å². The van der Waals surface area contributed by atoms with Crippen LogP contribution in [0.1, 0.15) is 59.9 Å². The number of hydrogen-bond acceptors (Lipinski definition) is 8. The van der Waals surface area contributed by atoms with Crippen LogP contribution in [-0.4, -0.2) is 80.9 Å². The zero-order valence-electron chi connectivity index (χ0n) is 28.4. The van der Waals surface area contributed by atoms with Crippen LogP contribution in [0.2, 0.25) is 0 Å². The fourth-order valence-corrected chi connectivity index (χ4v) is 8.96. The molecule has 9 rings (SSSR count). The number of aromatic nitrogens is 4. The van der Waals surface area contributed by atoms with Gasteiger partial charge in [-0.2, -0.15) is 0 Å². The lowest BCUT2D eigenvalue weighted by molar-refractivity contribution is -0.0704. The third-order valence-corrected chi connectivity index (χ3v) is 11.5. The molecule has 0 spiro atoms. The molecule has 0 radical (unpaired) electrons. The normalized spacial score (nSPS) is 22.2. The van der Waals surface area contributed by atoms with Gasteiger partial charge in [0.25, 0.3) is 11.5 Å². The second-order valence-corrected chi connectivity index (χ2v) is 14.4. The summed E-state index contributed by atoms with van der Waals surface area (Å²) in [6.07, 6.45) is 13.2. The number of piperazine rings is 1. The lowest BCUT2D eigenvalue weighted by atomic mass is 9.98. The van der Waals surface area contributed by atoms with Crippen molar-refractivity contribution in [3.05, 3.63) is 81.8 Å². The molecule has 2 bridgehead atoms. The van der Waals surface area contributed by atoms with Crippen molar-refractivity contribution in [1.82, 2.24) is 24.0 Å². The lowest BCUT2D eigenvalue weighted by Crippen LogP contribution is -2.60. The zero-order valence-corrected chi connectivity index (χ0v) is 28.4. The molecule has 2 unspecified atom stereocenters. The largest absolute Gasteiger partial charge is 0.378 e. The Hall–Kier alpha value is -4.48. The van der Waals surface area contributed by atoms with E-state index in [9.17, 15) is 9.59 Å². The molecule has 4 aromatic rings. The number of fused-ring (bicyclic) bond motifs is 5. The van der Waals surface area contributed by atoms with Crippen molar-refractivity contribution < 1.29 is 9.53 Å². The molecule has 1 amide bonds. The fraction of sp³-hybridized carbons (Fsp3) is 0.474. The Morgan fingerprint density at radius 2 is 1.78 bits per heavy atom. The van der Waals surface area contributed by atoms with Crippen LogP contribution >= 0.6 is 0 Å². The maximum Gasteiger partial charge on any atom is 0.276 e. The SMILES string of the molecule is CCc1c(-c2cc(Nc3ccc(N4C5CCC4CN(C4COC4)C5)cn3)c(=O)n(C)c2)ccnc1N1CCn2c(cc3c2CCCC3)C1=O. The molecule has 5 aliphatic rings. The maximum absolute atomic E-state index is 13.9. The van der Waals surface area contributed by atoms with Crippen molar-refractivity contribution in [3.63, 3.8) is 0 Å². The quantitative estimate of drug-likeness (QED) is 0.309. The third kappa shape index (κ3) is 5.17. The molecule has 2 atom stereocenters. The summed E-state index contributed by atoms with van der Waals surface area (Å²) >= 11 is 0. The number of rotatable bonds is 7. The van der Waals surface area contributed by atoms with E-state index in [1.807, 2.05) is 35.5 Å². The number of ether oxygens (including phenoxy) is 1. The Morgan fingerprint density at radius 1 is 0.959 bits per heavy atom. The number of aryl methyl sites for hydroxylation is 2. The fourth-order valence-electron chi connectivity index (χ4n) is 8.96. The highest BCUT2D eigenvalue weighted by atomic mass is 16.5. The van der Waals surface area contributed by atoms with E-state index < -0.39 is 0 Å². The van der Waals surface area contributed by atoms with Gasteiger partial charge in [0.15, 0.2) is 0 Å². The predicted octanol–water partition coefficient (Wildman–Crippen LogP) is 4.54. The molecular weight excluding hydrogens is 616 g/mol. The van der Waals surface area contributed by atoms with Gasteiger partial charge in [0.1, 0.15) is 23.0 Å². The molecule has 1 N–H and O–H groups in total. The highest BCUT2D eigenvalue weighted by molar-refractivity contribution is 6.06. The van der Waals surface area contributed by atoms with E-state index in [-0.39, 0.29) is 11.5 Å². The molecule has 254 valence electrons. The third-order valence-electron chi connectivity index (χ3n) is 11.5. The number of nitrogens with zero attached hydrogens (tertiary/aromatic N) is 7. The van der Waals surface area contributed by atoms with Crippen LogP contribution in [0.25, 0.3) is 11.1 Å². The van der Waals surface area contributed by atoms with Gasteiger partial charge in [-0.3, -0.25) is 19.4 Å². The number of likely N-dealkylation sites (tertiary alicyclic amines) is 1. The molecule has 11 nitrogen and oxygen atoms in total. The van der Waals surface area contributed by atoms with E-state index in [1.54, 1.807) is 17.8 Å². The minimum absolute atomic E-state index is 0.0141. The van der Waals surface area contributed by atoms with E-state index in [2.05, 4.69) is 38.7 Å². The van der Waals surface area contributed by atoms with Crippen LogP contribution in [0.5, 0.6) is 0 Å². The topological polar surface area (TPSA) is 101 Å². The zero-order chi connectivity index (χ0) is 33.2. The first kappa shape index (κ1) is 30.6. The summed E-state index contributed by atoms with van der Waals surface area (Å²) in [7, 11) is 1.77. The standard InChI is InChI=1S/C38H44N8O3/c1-3-30-31(12-13-39-36(30)45-15-14-44-33-7-5-4-6-24(33)17-34(44)38(45)48)25-16-32(37(47)42(2)19-25)41-35-11-10-26(18-40-35)46-27-8-9-28(46)21-43(20-27)29-22-49-23-29/h10-13,16-19,27-29H,3-9,14-15,20-23H2,1-2H3,(H,40,41). The molecule has 8 heterocycles. The first-order valence-corrected chi connectivity index (χ1v) is 18.0. The number of pyridine rings is 3. The number of anilines is 4. The molecule has 1 aliphatic carbocycles. The van der Waals surface area contributed by atoms with Gasteiger partial charge in [-0.05, 0) is 86.4 Å². The van der Waals surface area contributed by atoms with E-state index in [0.29, 0.717) is 48.4 Å². The van der Waals surface area contributed by atoms with Crippen molar-refractivity contribution >= 4 is 28.9 Å². The monoisotopic (exact) mass is 660 g/mol. The average molecular weight is 661 g/mol. The number of carbonyl (C=O) groups excluding carboxylic acids is 1. The van der Waals surface area contributed by atoms with E-state index in [4.69, 9.17) is 14.7 Å². The average Bonchev–Trinajstić information content (AvgIpc) is 3.60. The minimum atomic E-state index is -0.132. The van der Waals surface area contributed by atoms with Crippen molar-refractivity contribution in [2.45, 2.75) is 76.5 Å². The van der Waals surface area contributed by atoms with Crippen LogP contribution in [-0.2, 0) is 37.6 Å². The summed E-state index contributed by atoms with van der Waals surface area (Å²) < 4.78 is 9.31. The molecule has 4 aromatic heterocycles. The van der Waals surface area contributed by atoms with Crippen molar-refractivity contribution in [2.75, 3.05) is 48.0 Å². The summed E-state index contributed by atoms with van der Waals surface area (Å²) in [5.41, 5.74) is 7.74. The Morgan fingerprint density at radius 3 is 2.51 bits per heavy atom. The van der Waals surface area contributed by atoms with Gasteiger partial charge in [0, 0.05) is 74.5 Å². The van der Waals surface area contributed by atoms with Gasteiger partial charge in [0.05, 0.1) is 31.1 Å². The Balaban J connectivity index is 0.972. The van der Waals surface area contributed by atoms with E-state index >= 15 is 0 Å². The highest BCUT2D eigenvalue weighted by Crippen LogP contribution is 2.37. The Bertz CT molecular complexity index is 1970. The van der Waals surface area contributed by atoms with Gasteiger partial charge in [-0.25, -0.2) is 9.97 Å².